The Kier molecular flexibility index (Phi) is 4.74. The predicted octanol–water partition coefficient (Wildman–Crippen LogP) is 3.11. The number of fused-ring (bicyclic) bond motifs is 1. The van der Waals surface area contributed by atoms with Gasteiger partial charge in [0, 0.05) is 11.0 Å². The molecule has 0 spiro atoms. The van der Waals surface area contributed by atoms with E-state index in [0.717, 1.165) is 45.9 Å². The predicted molar refractivity (Wildman–Crippen MR) is 104 cm³/mol. The Hall–Kier alpha value is -2.43. The number of carbonyl (C=O) groups is 1. The maximum absolute atomic E-state index is 12.9. The number of anilines is 1. The van der Waals surface area contributed by atoms with Gasteiger partial charge < -0.3 is 5.11 Å². The van der Waals surface area contributed by atoms with E-state index >= 15 is 0 Å². The third-order valence-corrected chi connectivity index (χ3v) is 8.31. The van der Waals surface area contributed by atoms with Crippen LogP contribution in [0, 0.1) is 6.92 Å². The Balaban J connectivity index is 2.13. The Labute approximate surface area is 160 Å². The lowest BCUT2D eigenvalue weighted by Crippen LogP contribution is -2.15. The Bertz CT molecular complexity index is 1270. The maximum Gasteiger partial charge on any atom is 0.335 e. The second-order valence-electron chi connectivity index (χ2n) is 5.90. The molecule has 0 aliphatic rings. The summed E-state index contributed by atoms with van der Waals surface area (Å²) in [6, 6.07) is 10.4. The van der Waals surface area contributed by atoms with E-state index in [9.17, 15) is 21.6 Å². The van der Waals surface area contributed by atoms with Crippen molar-refractivity contribution < 1.29 is 26.7 Å². The van der Waals surface area contributed by atoms with Gasteiger partial charge in [0.15, 0.2) is 9.84 Å². The minimum atomic E-state index is -4.07. The van der Waals surface area contributed by atoms with Crippen LogP contribution >= 0.6 is 11.3 Å². The van der Waals surface area contributed by atoms with Crippen LogP contribution < -0.4 is 4.72 Å². The topological polar surface area (TPSA) is 118 Å². The zero-order valence-electron chi connectivity index (χ0n) is 14.3. The normalized spacial score (nSPS) is 12.2. The number of sulfone groups is 1. The van der Waals surface area contributed by atoms with E-state index in [-0.39, 0.29) is 15.5 Å². The molecule has 1 heterocycles. The molecule has 3 aromatic rings. The van der Waals surface area contributed by atoms with Gasteiger partial charge in [-0.3, -0.25) is 4.72 Å². The monoisotopic (exact) mass is 425 g/mol. The summed E-state index contributed by atoms with van der Waals surface area (Å²) in [5, 5.41) is 9.86. The molecule has 0 bridgehead atoms. The van der Waals surface area contributed by atoms with Crippen LogP contribution in [0.3, 0.4) is 0 Å². The highest BCUT2D eigenvalue weighted by Crippen LogP contribution is 2.35. The Morgan fingerprint density at radius 1 is 1.07 bits per heavy atom. The molecule has 142 valence electrons. The van der Waals surface area contributed by atoms with Gasteiger partial charge in [-0.1, -0.05) is 18.2 Å². The third kappa shape index (κ3) is 3.68. The highest BCUT2D eigenvalue weighted by atomic mass is 32.2. The number of aromatic carboxylic acids is 1. The van der Waals surface area contributed by atoms with Crippen LogP contribution in [0.15, 0.2) is 51.6 Å². The van der Waals surface area contributed by atoms with Crippen molar-refractivity contribution >= 4 is 52.9 Å². The lowest BCUT2D eigenvalue weighted by molar-refractivity contribution is 0.0696. The van der Waals surface area contributed by atoms with E-state index < -0.39 is 30.7 Å². The van der Waals surface area contributed by atoms with Gasteiger partial charge in [-0.05, 0) is 42.1 Å². The standard InChI is InChI=1S/C17H15NO6S3/c1-10-12-5-3-4-6-14(12)25-17(10)27(23,24)18-13-8-7-11(16(19)20)9-15(13)26(2,21)22/h3-9,18H,1-2H3,(H,19,20). The molecule has 0 unspecified atom stereocenters. The zero-order valence-corrected chi connectivity index (χ0v) is 16.7. The molecule has 10 heteroatoms. The van der Waals surface area contributed by atoms with Gasteiger partial charge in [0.2, 0.25) is 0 Å². The first-order valence-corrected chi connectivity index (χ1v) is 11.8. The largest absolute Gasteiger partial charge is 0.478 e. The summed E-state index contributed by atoms with van der Waals surface area (Å²) >= 11 is 1.08. The smallest absolute Gasteiger partial charge is 0.335 e. The fraction of sp³-hybridized carbons (Fsp3) is 0.118. The average molecular weight is 426 g/mol. The van der Waals surface area contributed by atoms with E-state index in [2.05, 4.69) is 4.72 Å². The third-order valence-electron chi connectivity index (χ3n) is 3.92. The number of nitrogens with one attached hydrogen (secondary N) is 1. The summed E-state index contributed by atoms with van der Waals surface area (Å²) in [7, 11) is -7.93. The number of carboxylic acids is 1. The number of sulfonamides is 1. The number of rotatable bonds is 5. The van der Waals surface area contributed by atoms with Crippen molar-refractivity contribution in [2.45, 2.75) is 16.0 Å². The van der Waals surface area contributed by atoms with Crippen LogP contribution in [-0.4, -0.2) is 34.2 Å². The molecule has 0 aliphatic heterocycles. The summed E-state index contributed by atoms with van der Waals surface area (Å²) in [6.07, 6.45) is 0.885. The fourth-order valence-electron chi connectivity index (χ4n) is 2.65. The molecule has 2 N–H and O–H groups in total. The zero-order chi connectivity index (χ0) is 20.0. The summed E-state index contributed by atoms with van der Waals surface area (Å²) in [4.78, 5) is 10.7. The molecule has 0 saturated carbocycles. The number of aryl methyl sites for hydroxylation is 1. The fourth-order valence-corrected chi connectivity index (χ4v) is 6.42. The van der Waals surface area contributed by atoms with Crippen molar-refractivity contribution in [3.05, 3.63) is 53.6 Å². The maximum atomic E-state index is 12.9. The molecule has 0 atom stereocenters. The van der Waals surface area contributed by atoms with Gasteiger partial charge in [0.25, 0.3) is 10.0 Å². The summed E-state index contributed by atoms with van der Waals surface area (Å²) in [6.45, 7) is 1.68. The number of carboxylic acid groups (broad SMARTS) is 1. The van der Waals surface area contributed by atoms with Gasteiger partial charge in [-0.15, -0.1) is 11.3 Å². The second kappa shape index (κ2) is 6.63. The quantitative estimate of drug-likeness (QED) is 0.648. The summed E-state index contributed by atoms with van der Waals surface area (Å²) < 4.78 is 53.0. The molecule has 0 saturated heterocycles. The molecule has 2 aromatic carbocycles. The molecule has 0 aliphatic carbocycles. The number of hydrogen-bond acceptors (Lipinski definition) is 6. The summed E-state index contributed by atoms with van der Waals surface area (Å²) in [5.74, 6) is -1.31. The van der Waals surface area contributed by atoms with Crippen molar-refractivity contribution in [2.24, 2.45) is 0 Å². The van der Waals surface area contributed by atoms with Crippen molar-refractivity contribution in [1.82, 2.24) is 0 Å². The first-order chi connectivity index (χ1) is 12.5. The molecule has 3 rings (SSSR count). The average Bonchev–Trinajstić information content (AvgIpc) is 2.92. The number of hydrogen-bond donors (Lipinski definition) is 2. The van der Waals surface area contributed by atoms with E-state index in [1.165, 1.54) is 0 Å². The van der Waals surface area contributed by atoms with E-state index in [0.29, 0.717) is 5.56 Å². The second-order valence-corrected chi connectivity index (χ2v) is 10.8. The minimum absolute atomic E-state index is 0.0745. The van der Waals surface area contributed by atoms with Gasteiger partial charge in [-0.2, -0.15) is 0 Å². The van der Waals surface area contributed by atoms with Crippen LogP contribution in [0.2, 0.25) is 0 Å². The molecular weight excluding hydrogens is 410 g/mol. The van der Waals surface area contributed by atoms with Crippen LogP contribution in [0.4, 0.5) is 5.69 Å². The highest BCUT2D eigenvalue weighted by Gasteiger charge is 2.25. The van der Waals surface area contributed by atoms with E-state index in [1.807, 2.05) is 6.07 Å². The first-order valence-electron chi connectivity index (χ1n) is 7.59. The molecule has 0 fully saturated rings. The van der Waals surface area contributed by atoms with Crippen molar-refractivity contribution in [2.75, 3.05) is 11.0 Å². The lowest BCUT2D eigenvalue weighted by atomic mass is 10.2. The number of thiophene rings is 1. The van der Waals surface area contributed by atoms with Crippen LogP contribution in [0.25, 0.3) is 10.1 Å². The SMILES string of the molecule is Cc1c(S(=O)(=O)Nc2ccc(C(=O)O)cc2S(C)(=O)=O)sc2ccccc12. The highest BCUT2D eigenvalue weighted by molar-refractivity contribution is 7.95. The molecule has 0 radical (unpaired) electrons. The molecule has 1 aromatic heterocycles. The van der Waals surface area contributed by atoms with Gasteiger partial charge in [0.1, 0.15) is 4.21 Å². The molecule has 0 amide bonds. The van der Waals surface area contributed by atoms with Crippen LogP contribution in [-0.2, 0) is 19.9 Å². The lowest BCUT2D eigenvalue weighted by Gasteiger charge is -2.12. The Morgan fingerprint density at radius 3 is 2.33 bits per heavy atom. The van der Waals surface area contributed by atoms with Crippen LogP contribution in [0.5, 0.6) is 0 Å². The molecular formula is C17H15NO6S3. The molecule has 27 heavy (non-hydrogen) atoms. The Morgan fingerprint density at radius 2 is 1.74 bits per heavy atom. The molecule has 7 nitrogen and oxygen atoms in total. The summed E-state index contributed by atoms with van der Waals surface area (Å²) in [5.41, 5.74) is 0.113. The van der Waals surface area contributed by atoms with Crippen molar-refractivity contribution in [3.63, 3.8) is 0 Å². The van der Waals surface area contributed by atoms with Crippen LogP contribution in [0.1, 0.15) is 15.9 Å². The number of benzene rings is 2. The van der Waals surface area contributed by atoms with E-state index in [1.54, 1.807) is 25.1 Å². The minimum Gasteiger partial charge on any atom is -0.478 e. The van der Waals surface area contributed by atoms with Crippen molar-refractivity contribution in [1.29, 1.82) is 0 Å². The van der Waals surface area contributed by atoms with E-state index in [4.69, 9.17) is 5.11 Å². The van der Waals surface area contributed by atoms with Gasteiger partial charge in [0.05, 0.1) is 16.1 Å². The van der Waals surface area contributed by atoms with Crippen molar-refractivity contribution in [3.8, 4) is 0 Å². The van der Waals surface area contributed by atoms with Gasteiger partial charge >= 0.3 is 5.97 Å². The first kappa shape index (κ1) is 19.3. The van der Waals surface area contributed by atoms with Gasteiger partial charge in [-0.25, -0.2) is 21.6 Å².